The second-order valence-electron chi connectivity index (χ2n) is 8.04. The van der Waals surface area contributed by atoms with Gasteiger partial charge >= 0.3 is 5.69 Å². The summed E-state index contributed by atoms with van der Waals surface area (Å²) in [4.78, 5) is 27.3. The molecule has 2 aromatic carbocycles. The molecule has 1 saturated heterocycles. The average Bonchev–Trinajstić information content (AvgIpc) is 3.18. The van der Waals surface area contributed by atoms with Crippen LogP contribution in [-0.4, -0.2) is 39.0 Å². The molecule has 0 saturated carbocycles. The maximum atomic E-state index is 12.7. The second-order valence-corrected chi connectivity index (χ2v) is 9.35. The summed E-state index contributed by atoms with van der Waals surface area (Å²) < 4.78 is 1.59. The van der Waals surface area contributed by atoms with Crippen LogP contribution in [-0.2, 0) is 17.8 Å². The number of nitrogens with one attached hydrogen (secondary N) is 2. The molecule has 0 radical (unpaired) electrons. The number of hydrogen-bond acceptors (Lipinski definition) is 5. The molecule has 0 spiro atoms. The van der Waals surface area contributed by atoms with E-state index in [2.05, 4.69) is 32.5 Å². The molecule has 1 unspecified atom stereocenters. The maximum Gasteiger partial charge on any atom is 0.343 e. The van der Waals surface area contributed by atoms with Crippen molar-refractivity contribution in [3.8, 4) is 0 Å². The van der Waals surface area contributed by atoms with E-state index in [-0.39, 0.29) is 11.6 Å². The number of amides is 1. The van der Waals surface area contributed by atoms with Crippen molar-refractivity contribution in [2.24, 2.45) is 0 Å². The first-order valence-electron chi connectivity index (χ1n) is 11.1. The number of aromatic amines is 1. The first kappa shape index (κ1) is 22.2. The molecule has 2 heterocycles. The molecule has 1 aromatic heterocycles. The van der Waals surface area contributed by atoms with Gasteiger partial charge in [-0.1, -0.05) is 42.1 Å². The van der Waals surface area contributed by atoms with Crippen LogP contribution in [0.3, 0.4) is 0 Å². The molecule has 1 aliphatic rings. The molecule has 1 atom stereocenters. The number of aromatic nitrogens is 3. The molecular formula is C24H29N5O2S. The number of piperidine rings is 1. The largest absolute Gasteiger partial charge is 0.372 e. The van der Waals surface area contributed by atoms with Gasteiger partial charge in [0.25, 0.3) is 0 Å². The lowest BCUT2D eigenvalue weighted by Gasteiger charge is -2.28. The third-order valence-electron chi connectivity index (χ3n) is 5.70. The number of thioether (sulfide) groups is 1. The zero-order valence-electron chi connectivity index (χ0n) is 18.3. The summed E-state index contributed by atoms with van der Waals surface area (Å²) in [5.74, 6) is -0.120. The van der Waals surface area contributed by atoms with Crippen LogP contribution in [0, 0.1) is 0 Å². The van der Waals surface area contributed by atoms with Crippen molar-refractivity contribution >= 4 is 29.0 Å². The van der Waals surface area contributed by atoms with E-state index in [9.17, 15) is 9.59 Å². The van der Waals surface area contributed by atoms with Gasteiger partial charge in [-0.05, 0) is 62.4 Å². The highest BCUT2D eigenvalue weighted by molar-refractivity contribution is 8.00. The molecule has 0 aliphatic carbocycles. The van der Waals surface area contributed by atoms with Crippen LogP contribution in [0.2, 0.25) is 0 Å². The average molecular weight is 452 g/mol. The van der Waals surface area contributed by atoms with Crippen LogP contribution in [0.15, 0.2) is 64.5 Å². The van der Waals surface area contributed by atoms with Gasteiger partial charge in [-0.3, -0.25) is 9.36 Å². The van der Waals surface area contributed by atoms with E-state index in [0.29, 0.717) is 11.7 Å². The molecule has 2 N–H and O–H groups in total. The maximum absolute atomic E-state index is 12.7. The van der Waals surface area contributed by atoms with Gasteiger partial charge in [-0.15, -0.1) is 5.10 Å². The third-order valence-corrected chi connectivity index (χ3v) is 6.79. The van der Waals surface area contributed by atoms with Crippen LogP contribution in [0.5, 0.6) is 0 Å². The van der Waals surface area contributed by atoms with Gasteiger partial charge in [0.1, 0.15) is 0 Å². The van der Waals surface area contributed by atoms with Crippen molar-refractivity contribution in [3.63, 3.8) is 0 Å². The van der Waals surface area contributed by atoms with Crippen molar-refractivity contribution in [1.82, 2.24) is 14.8 Å². The number of carbonyl (C=O) groups excluding carboxylic acids is 1. The smallest absolute Gasteiger partial charge is 0.343 e. The Morgan fingerprint density at radius 3 is 2.53 bits per heavy atom. The summed E-state index contributed by atoms with van der Waals surface area (Å²) in [5, 5.41) is 9.72. The number of benzene rings is 2. The summed E-state index contributed by atoms with van der Waals surface area (Å²) >= 11 is 1.28. The summed E-state index contributed by atoms with van der Waals surface area (Å²) in [6.45, 7) is 4.51. The summed E-state index contributed by atoms with van der Waals surface area (Å²) in [7, 11) is 0. The zero-order valence-corrected chi connectivity index (χ0v) is 19.1. The van der Waals surface area contributed by atoms with E-state index in [1.54, 1.807) is 4.57 Å². The SMILES string of the molecule is CC(Sc1n[nH]c(=O)n1CCc1ccccc1)C(=O)Nc1ccc(N2CCCCC2)cc1. The molecule has 168 valence electrons. The van der Waals surface area contributed by atoms with Crippen molar-refractivity contribution in [3.05, 3.63) is 70.6 Å². The first-order chi connectivity index (χ1) is 15.6. The summed E-state index contributed by atoms with van der Waals surface area (Å²) in [6.07, 6.45) is 4.49. The number of H-pyrrole nitrogens is 1. The molecule has 0 bridgehead atoms. The number of carbonyl (C=O) groups is 1. The lowest BCUT2D eigenvalue weighted by molar-refractivity contribution is -0.115. The molecule has 3 aromatic rings. The lowest BCUT2D eigenvalue weighted by atomic mass is 10.1. The fraction of sp³-hybridized carbons (Fsp3) is 0.375. The van der Waals surface area contributed by atoms with E-state index < -0.39 is 5.25 Å². The fourth-order valence-electron chi connectivity index (χ4n) is 3.84. The number of rotatable bonds is 8. The standard InChI is InChI=1S/C24H29N5O2S/c1-18(22(30)25-20-10-12-21(13-11-20)28-15-6-3-7-16-28)32-24-27-26-23(31)29(24)17-14-19-8-4-2-5-9-19/h2,4-5,8-13,18H,3,6-7,14-17H2,1H3,(H,25,30)(H,26,31). The number of hydrogen-bond donors (Lipinski definition) is 2. The van der Waals surface area contributed by atoms with E-state index >= 15 is 0 Å². The molecular weight excluding hydrogens is 422 g/mol. The molecule has 32 heavy (non-hydrogen) atoms. The van der Waals surface area contributed by atoms with E-state index in [1.165, 1.54) is 36.7 Å². The quantitative estimate of drug-likeness (QED) is 0.507. The van der Waals surface area contributed by atoms with Gasteiger partial charge < -0.3 is 10.2 Å². The number of anilines is 2. The van der Waals surface area contributed by atoms with E-state index in [1.807, 2.05) is 49.4 Å². The lowest BCUT2D eigenvalue weighted by Crippen LogP contribution is -2.29. The summed E-state index contributed by atoms with van der Waals surface area (Å²) in [6, 6.07) is 18.0. The Morgan fingerprint density at radius 1 is 1.09 bits per heavy atom. The molecule has 1 fully saturated rings. The van der Waals surface area contributed by atoms with Crippen LogP contribution < -0.4 is 15.9 Å². The number of aryl methyl sites for hydroxylation is 1. The van der Waals surface area contributed by atoms with Gasteiger partial charge in [-0.25, -0.2) is 9.89 Å². The Kier molecular flexibility index (Phi) is 7.32. The Balaban J connectivity index is 1.34. The molecule has 8 heteroatoms. The van der Waals surface area contributed by atoms with Crippen LogP contribution in [0.25, 0.3) is 0 Å². The Morgan fingerprint density at radius 2 is 1.81 bits per heavy atom. The third kappa shape index (κ3) is 5.62. The number of nitrogens with zero attached hydrogens (tertiary/aromatic N) is 3. The monoisotopic (exact) mass is 451 g/mol. The minimum atomic E-state index is -0.401. The molecule has 1 aliphatic heterocycles. The molecule has 4 rings (SSSR count). The predicted octanol–water partition coefficient (Wildman–Crippen LogP) is 3.92. The highest BCUT2D eigenvalue weighted by Crippen LogP contribution is 2.24. The van der Waals surface area contributed by atoms with E-state index in [0.717, 1.165) is 30.8 Å². The first-order valence-corrected chi connectivity index (χ1v) is 12.0. The van der Waals surface area contributed by atoms with Crippen molar-refractivity contribution < 1.29 is 4.79 Å². The minimum Gasteiger partial charge on any atom is -0.372 e. The highest BCUT2D eigenvalue weighted by Gasteiger charge is 2.19. The Labute approximate surface area is 192 Å². The van der Waals surface area contributed by atoms with Crippen LogP contribution in [0.4, 0.5) is 11.4 Å². The molecule has 7 nitrogen and oxygen atoms in total. The van der Waals surface area contributed by atoms with Crippen molar-refractivity contribution in [2.45, 2.75) is 49.6 Å². The topological polar surface area (TPSA) is 83.0 Å². The van der Waals surface area contributed by atoms with Crippen molar-refractivity contribution in [1.29, 1.82) is 0 Å². The Hall–Kier alpha value is -3.00. The van der Waals surface area contributed by atoms with E-state index in [4.69, 9.17) is 0 Å². The normalized spacial score (nSPS) is 14.8. The molecule has 1 amide bonds. The van der Waals surface area contributed by atoms with Gasteiger partial charge in [0.2, 0.25) is 5.91 Å². The second kappa shape index (κ2) is 10.5. The van der Waals surface area contributed by atoms with Crippen LogP contribution in [0.1, 0.15) is 31.7 Å². The highest BCUT2D eigenvalue weighted by atomic mass is 32.2. The van der Waals surface area contributed by atoms with Gasteiger partial charge in [0.05, 0.1) is 5.25 Å². The Bertz CT molecular complexity index is 1070. The zero-order chi connectivity index (χ0) is 22.3. The predicted molar refractivity (Wildman–Crippen MR) is 129 cm³/mol. The fourth-order valence-corrected chi connectivity index (χ4v) is 4.72. The minimum absolute atomic E-state index is 0.120. The van der Waals surface area contributed by atoms with Crippen LogP contribution >= 0.6 is 11.8 Å². The van der Waals surface area contributed by atoms with Gasteiger partial charge in [-0.2, -0.15) is 0 Å². The van der Waals surface area contributed by atoms with Gasteiger partial charge in [0.15, 0.2) is 5.16 Å². The van der Waals surface area contributed by atoms with Gasteiger partial charge in [0, 0.05) is 31.0 Å². The van der Waals surface area contributed by atoms with Crippen molar-refractivity contribution in [2.75, 3.05) is 23.3 Å². The summed E-state index contributed by atoms with van der Waals surface area (Å²) in [5.41, 5.74) is 2.86.